The van der Waals surface area contributed by atoms with Crippen molar-refractivity contribution in [3.63, 3.8) is 0 Å². The van der Waals surface area contributed by atoms with E-state index in [0.29, 0.717) is 17.1 Å². The number of sulfone groups is 1. The highest BCUT2D eigenvalue weighted by molar-refractivity contribution is 7.92. The van der Waals surface area contributed by atoms with Gasteiger partial charge in [-0.1, -0.05) is 0 Å². The van der Waals surface area contributed by atoms with Crippen molar-refractivity contribution in [1.29, 1.82) is 0 Å². The first-order valence-corrected chi connectivity index (χ1v) is 9.35. The van der Waals surface area contributed by atoms with Crippen molar-refractivity contribution in [1.82, 2.24) is 10.3 Å². The van der Waals surface area contributed by atoms with Gasteiger partial charge >= 0.3 is 5.51 Å². The first kappa shape index (κ1) is 21.5. The molecule has 1 aromatic heterocycles. The first-order valence-electron chi connectivity index (χ1n) is 7.87. The maximum Gasteiger partial charge on any atom is 0.503 e. The maximum atomic E-state index is 12.8. The molecule has 2 aromatic rings. The van der Waals surface area contributed by atoms with E-state index in [2.05, 4.69) is 10.3 Å². The summed E-state index contributed by atoms with van der Waals surface area (Å²) < 4.78 is 72.0. The molecule has 0 aliphatic rings. The molecule has 152 valence electrons. The van der Waals surface area contributed by atoms with Crippen LogP contribution in [0, 0.1) is 0 Å². The largest absolute Gasteiger partial charge is 0.503 e. The molecule has 1 heterocycles. The minimum absolute atomic E-state index is 0.0166. The van der Waals surface area contributed by atoms with Crippen molar-refractivity contribution < 1.29 is 35.9 Å². The maximum absolute atomic E-state index is 12.8. The molecule has 0 saturated heterocycles. The van der Waals surface area contributed by atoms with E-state index in [0.717, 1.165) is 12.3 Å². The van der Waals surface area contributed by atoms with Crippen molar-refractivity contribution in [2.45, 2.75) is 17.0 Å². The number of pyridine rings is 1. The second-order valence-electron chi connectivity index (χ2n) is 5.49. The van der Waals surface area contributed by atoms with Gasteiger partial charge in [0.15, 0.2) is 5.03 Å². The van der Waals surface area contributed by atoms with E-state index in [-0.39, 0.29) is 13.0 Å². The van der Waals surface area contributed by atoms with Crippen LogP contribution in [0.4, 0.5) is 13.2 Å². The molecule has 0 unspecified atom stereocenters. The average Bonchev–Trinajstić information content (AvgIpc) is 2.66. The Morgan fingerprint density at radius 3 is 2.50 bits per heavy atom. The van der Waals surface area contributed by atoms with Gasteiger partial charge in [-0.3, -0.25) is 4.79 Å². The zero-order valence-corrected chi connectivity index (χ0v) is 15.7. The van der Waals surface area contributed by atoms with Crippen LogP contribution in [0.25, 0.3) is 0 Å². The molecule has 1 aromatic carbocycles. The molecule has 0 aliphatic carbocycles. The summed E-state index contributed by atoms with van der Waals surface area (Å²) in [5.41, 5.74) is -5.56. The Hall–Kier alpha value is -2.82. The third-order valence-corrected chi connectivity index (χ3v) is 5.19. The highest BCUT2D eigenvalue weighted by Gasteiger charge is 2.49. The number of aromatic nitrogens is 1. The molecular formula is C17H17F3N2O5S. The number of nitrogens with one attached hydrogen (secondary N) is 1. The van der Waals surface area contributed by atoms with Crippen LogP contribution in [0.15, 0.2) is 41.6 Å². The Balaban J connectivity index is 2.18. The molecule has 0 fully saturated rings. The predicted octanol–water partition coefficient (Wildman–Crippen LogP) is 2.36. The molecule has 28 heavy (non-hydrogen) atoms. The molecule has 11 heteroatoms. The standard InChI is InChI=1S/C17H17F3N2O5S/c1-26-12-5-6-14(27-2)11(10-12)7-9-21-15(23)13-4-3-8-22-16(13)28(24,25)17(18,19)20/h3-6,8,10H,7,9H2,1-2H3,(H,21,23). The lowest BCUT2D eigenvalue weighted by Crippen LogP contribution is -2.31. The summed E-state index contributed by atoms with van der Waals surface area (Å²) in [6.07, 6.45) is 1.14. The van der Waals surface area contributed by atoms with E-state index in [1.54, 1.807) is 18.2 Å². The summed E-state index contributed by atoms with van der Waals surface area (Å²) in [5, 5.41) is 1.06. The third kappa shape index (κ3) is 4.53. The Bertz CT molecular complexity index is 962. The molecule has 0 bridgehead atoms. The van der Waals surface area contributed by atoms with Crippen LogP contribution >= 0.6 is 0 Å². The summed E-state index contributed by atoms with van der Waals surface area (Å²) in [7, 11) is -2.81. The van der Waals surface area contributed by atoms with Gasteiger partial charge in [-0.15, -0.1) is 0 Å². The molecule has 0 aliphatic heterocycles. The number of carbonyl (C=O) groups is 1. The van der Waals surface area contributed by atoms with Crippen LogP contribution in [-0.2, 0) is 16.3 Å². The van der Waals surface area contributed by atoms with Crippen LogP contribution in [0.2, 0.25) is 0 Å². The van der Waals surface area contributed by atoms with E-state index < -0.39 is 31.8 Å². The number of halogens is 3. The number of hydrogen-bond donors (Lipinski definition) is 1. The summed E-state index contributed by atoms with van der Waals surface area (Å²) in [5.74, 6) is 0.113. The lowest BCUT2D eigenvalue weighted by molar-refractivity contribution is -0.0438. The van der Waals surface area contributed by atoms with E-state index in [4.69, 9.17) is 9.47 Å². The summed E-state index contributed by atoms with van der Waals surface area (Å²) in [6.45, 7) is 0.0166. The Labute approximate surface area is 159 Å². The number of nitrogens with zero attached hydrogens (tertiary/aromatic N) is 1. The van der Waals surface area contributed by atoms with Crippen LogP contribution in [0.5, 0.6) is 11.5 Å². The lowest BCUT2D eigenvalue weighted by Gasteiger charge is -2.13. The van der Waals surface area contributed by atoms with Crippen molar-refractivity contribution in [3.05, 3.63) is 47.7 Å². The molecule has 1 amide bonds. The molecule has 0 spiro atoms. The van der Waals surface area contributed by atoms with Gasteiger partial charge in [-0.25, -0.2) is 13.4 Å². The minimum atomic E-state index is -5.76. The highest BCUT2D eigenvalue weighted by atomic mass is 32.2. The first-order chi connectivity index (χ1) is 13.1. The number of alkyl halides is 3. The minimum Gasteiger partial charge on any atom is -0.497 e. The fourth-order valence-corrected chi connectivity index (χ4v) is 3.24. The molecule has 2 rings (SSSR count). The average molecular weight is 418 g/mol. The number of carbonyl (C=O) groups excluding carboxylic acids is 1. The zero-order valence-electron chi connectivity index (χ0n) is 14.9. The third-order valence-electron chi connectivity index (χ3n) is 3.74. The number of hydrogen-bond acceptors (Lipinski definition) is 6. The van der Waals surface area contributed by atoms with Gasteiger partial charge in [-0.05, 0) is 42.3 Å². The lowest BCUT2D eigenvalue weighted by atomic mass is 10.1. The molecule has 0 radical (unpaired) electrons. The van der Waals surface area contributed by atoms with E-state index in [1.165, 1.54) is 20.3 Å². The quantitative estimate of drug-likeness (QED) is 0.742. The molecule has 1 N–H and O–H groups in total. The Morgan fingerprint density at radius 1 is 1.18 bits per heavy atom. The highest BCUT2D eigenvalue weighted by Crippen LogP contribution is 2.30. The fraction of sp³-hybridized carbons (Fsp3) is 0.294. The molecule has 0 atom stereocenters. The van der Waals surface area contributed by atoms with Gasteiger partial charge in [0.25, 0.3) is 15.7 Å². The van der Waals surface area contributed by atoms with E-state index in [9.17, 15) is 26.4 Å². The van der Waals surface area contributed by atoms with Gasteiger partial charge in [-0.2, -0.15) is 13.2 Å². The van der Waals surface area contributed by atoms with Gasteiger partial charge in [0.2, 0.25) is 0 Å². The topological polar surface area (TPSA) is 94.6 Å². The summed E-state index contributed by atoms with van der Waals surface area (Å²) >= 11 is 0. The van der Waals surface area contributed by atoms with Gasteiger partial charge in [0.05, 0.1) is 19.8 Å². The van der Waals surface area contributed by atoms with Crippen LogP contribution in [-0.4, -0.2) is 45.6 Å². The smallest absolute Gasteiger partial charge is 0.497 e. The normalized spacial score (nSPS) is 11.8. The number of rotatable bonds is 7. The fourth-order valence-electron chi connectivity index (χ4n) is 2.37. The van der Waals surface area contributed by atoms with Gasteiger partial charge in [0, 0.05) is 12.7 Å². The molecule has 7 nitrogen and oxygen atoms in total. The monoisotopic (exact) mass is 418 g/mol. The number of amides is 1. The summed E-state index contributed by atoms with van der Waals surface area (Å²) in [6, 6.07) is 7.19. The van der Waals surface area contributed by atoms with Crippen LogP contribution in [0.1, 0.15) is 15.9 Å². The second-order valence-corrected chi connectivity index (χ2v) is 7.35. The van der Waals surface area contributed by atoms with Crippen LogP contribution in [0.3, 0.4) is 0 Å². The van der Waals surface area contributed by atoms with Gasteiger partial charge in [0.1, 0.15) is 11.5 Å². The van der Waals surface area contributed by atoms with Crippen molar-refractivity contribution in [2.24, 2.45) is 0 Å². The van der Waals surface area contributed by atoms with Crippen LogP contribution < -0.4 is 14.8 Å². The molecule has 0 saturated carbocycles. The Morgan fingerprint density at radius 2 is 1.89 bits per heavy atom. The van der Waals surface area contributed by atoms with Gasteiger partial charge < -0.3 is 14.8 Å². The second kappa shape index (κ2) is 8.46. The molecular weight excluding hydrogens is 401 g/mol. The van der Waals surface area contributed by atoms with E-state index >= 15 is 0 Å². The summed E-state index contributed by atoms with van der Waals surface area (Å²) in [4.78, 5) is 15.5. The number of methoxy groups -OCH3 is 2. The number of ether oxygens (including phenoxy) is 2. The predicted molar refractivity (Wildman–Crippen MR) is 93.1 cm³/mol. The van der Waals surface area contributed by atoms with Crippen molar-refractivity contribution in [3.8, 4) is 11.5 Å². The SMILES string of the molecule is COc1ccc(OC)c(CCNC(=O)c2cccnc2S(=O)(=O)C(F)(F)F)c1. The van der Waals surface area contributed by atoms with Crippen molar-refractivity contribution >= 4 is 15.7 Å². The van der Waals surface area contributed by atoms with E-state index in [1.807, 2.05) is 0 Å². The van der Waals surface area contributed by atoms with Crippen molar-refractivity contribution in [2.75, 3.05) is 20.8 Å². The Kier molecular flexibility index (Phi) is 6.49. The zero-order chi connectivity index (χ0) is 20.9. The number of benzene rings is 1.